The number of H-pyrrole nitrogens is 1. The number of hydrogen-bond donors (Lipinski definition) is 1. The highest BCUT2D eigenvalue weighted by Crippen LogP contribution is 2.21. The molecule has 0 fully saturated rings. The topological polar surface area (TPSA) is 39.6 Å². The fourth-order valence-electron chi connectivity index (χ4n) is 1.18. The van der Waals surface area contributed by atoms with Gasteiger partial charge in [-0.05, 0) is 29.7 Å². The van der Waals surface area contributed by atoms with Crippen molar-refractivity contribution >= 4 is 23.0 Å². The third-order valence-corrected chi connectivity index (χ3v) is 2.73. The second-order valence-corrected chi connectivity index (χ2v) is 3.72. The normalized spacial score (nSPS) is 11.2. The Kier molecular flexibility index (Phi) is 2.48. The molecule has 0 aromatic carbocycles. The van der Waals surface area contributed by atoms with E-state index in [1.165, 1.54) is 0 Å². The summed E-state index contributed by atoms with van der Waals surface area (Å²) < 4.78 is 0. The van der Waals surface area contributed by atoms with Crippen molar-refractivity contribution < 1.29 is 0 Å². The van der Waals surface area contributed by atoms with E-state index in [9.17, 15) is 0 Å². The summed E-state index contributed by atoms with van der Waals surface area (Å²) in [4.78, 5) is 4.04. The van der Waals surface area contributed by atoms with Crippen LogP contribution in [0, 0.1) is 11.3 Å². The van der Waals surface area contributed by atoms with Crippen molar-refractivity contribution in [2.45, 2.75) is 0 Å². The van der Waals surface area contributed by atoms with Gasteiger partial charge in [0, 0.05) is 16.8 Å². The molecule has 0 bridgehead atoms. The number of allylic oxidation sites excluding steroid dienone is 1. The number of nitrogens with zero attached hydrogens (tertiary/aromatic N) is 1. The van der Waals surface area contributed by atoms with E-state index in [0.29, 0.717) is 5.57 Å². The van der Waals surface area contributed by atoms with Gasteiger partial charge < -0.3 is 4.98 Å². The lowest BCUT2D eigenvalue weighted by Crippen LogP contribution is -1.75. The molecule has 0 atom stereocenters. The van der Waals surface area contributed by atoms with Gasteiger partial charge in [-0.3, -0.25) is 0 Å². The summed E-state index contributed by atoms with van der Waals surface area (Å²) in [5.74, 6) is 0. The van der Waals surface area contributed by atoms with E-state index in [1.807, 2.05) is 41.9 Å². The summed E-state index contributed by atoms with van der Waals surface area (Å²) in [6, 6.07) is 9.93. The SMILES string of the molecule is N#C/C(=C/c1ccc[nH]1)c1cccs1. The molecular formula is C11H8N2S. The van der Waals surface area contributed by atoms with Crippen molar-refractivity contribution in [2.75, 3.05) is 0 Å². The summed E-state index contributed by atoms with van der Waals surface area (Å²) in [5.41, 5.74) is 1.65. The Hall–Kier alpha value is -1.79. The van der Waals surface area contributed by atoms with E-state index < -0.39 is 0 Å². The number of thiophene rings is 1. The van der Waals surface area contributed by atoms with Crippen LogP contribution in [-0.2, 0) is 0 Å². The van der Waals surface area contributed by atoms with Crippen LogP contribution < -0.4 is 0 Å². The highest BCUT2D eigenvalue weighted by atomic mass is 32.1. The molecular weight excluding hydrogens is 192 g/mol. The molecule has 14 heavy (non-hydrogen) atoms. The summed E-state index contributed by atoms with van der Waals surface area (Å²) >= 11 is 1.57. The summed E-state index contributed by atoms with van der Waals surface area (Å²) in [6.45, 7) is 0. The van der Waals surface area contributed by atoms with E-state index in [1.54, 1.807) is 11.3 Å². The summed E-state index contributed by atoms with van der Waals surface area (Å²) in [6.07, 6.45) is 3.70. The molecule has 0 spiro atoms. The highest BCUT2D eigenvalue weighted by molar-refractivity contribution is 7.11. The van der Waals surface area contributed by atoms with Gasteiger partial charge in [0.25, 0.3) is 0 Å². The summed E-state index contributed by atoms with van der Waals surface area (Å²) in [7, 11) is 0. The van der Waals surface area contributed by atoms with E-state index in [2.05, 4.69) is 11.1 Å². The van der Waals surface area contributed by atoms with Gasteiger partial charge in [-0.15, -0.1) is 11.3 Å². The maximum atomic E-state index is 8.97. The first kappa shape index (κ1) is 8.79. The molecule has 2 aromatic heterocycles. The smallest absolute Gasteiger partial charge is 0.101 e. The van der Waals surface area contributed by atoms with Crippen molar-refractivity contribution in [3.63, 3.8) is 0 Å². The molecule has 1 N–H and O–H groups in total. The predicted molar refractivity (Wildman–Crippen MR) is 58.6 cm³/mol. The number of aromatic amines is 1. The first-order chi connectivity index (χ1) is 6.90. The van der Waals surface area contributed by atoms with Crippen LogP contribution in [0.25, 0.3) is 11.6 Å². The van der Waals surface area contributed by atoms with Gasteiger partial charge in [-0.25, -0.2) is 0 Å². The van der Waals surface area contributed by atoms with Gasteiger partial charge in [0.2, 0.25) is 0 Å². The lowest BCUT2D eigenvalue weighted by molar-refractivity contribution is 1.38. The lowest BCUT2D eigenvalue weighted by atomic mass is 10.2. The monoisotopic (exact) mass is 200 g/mol. The van der Waals surface area contributed by atoms with Gasteiger partial charge in [-0.2, -0.15) is 5.26 Å². The molecule has 0 aliphatic rings. The lowest BCUT2D eigenvalue weighted by Gasteiger charge is -1.91. The molecule has 0 unspecified atom stereocenters. The Bertz CT molecular complexity index is 458. The molecule has 2 heterocycles. The van der Waals surface area contributed by atoms with Crippen molar-refractivity contribution in [3.05, 3.63) is 46.4 Å². The third-order valence-electron chi connectivity index (χ3n) is 1.83. The average Bonchev–Trinajstić information content (AvgIpc) is 2.86. The minimum Gasteiger partial charge on any atom is -0.362 e. The Morgan fingerprint density at radius 2 is 2.36 bits per heavy atom. The third kappa shape index (κ3) is 1.76. The summed E-state index contributed by atoms with van der Waals surface area (Å²) in [5, 5.41) is 10.9. The van der Waals surface area contributed by atoms with Crippen LogP contribution in [-0.4, -0.2) is 4.98 Å². The molecule has 2 nitrogen and oxygen atoms in total. The van der Waals surface area contributed by atoms with Crippen LogP contribution in [0.4, 0.5) is 0 Å². The van der Waals surface area contributed by atoms with Crippen molar-refractivity contribution in [3.8, 4) is 6.07 Å². The van der Waals surface area contributed by atoms with Gasteiger partial charge >= 0.3 is 0 Å². The number of nitrogens with one attached hydrogen (secondary N) is 1. The molecule has 68 valence electrons. The Morgan fingerprint density at radius 1 is 1.43 bits per heavy atom. The average molecular weight is 200 g/mol. The van der Waals surface area contributed by atoms with Gasteiger partial charge in [0.05, 0.1) is 5.57 Å². The first-order valence-electron chi connectivity index (χ1n) is 4.19. The molecule has 2 aromatic rings. The number of rotatable bonds is 2. The molecule has 2 rings (SSSR count). The molecule has 0 aliphatic heterocycles. The maximum absolute atomic E-state index is 8.97. The molecule has 0 aliphatic carbocycles. The molecule has 0 amide bonds. The van der Waals surface area contributed by atoms with E-state index in [4.69, 9.17) is 5.26 Å². The first-order valence-corrected chi connectivity index (χ1v) is 5.07. The standard InChI is InChI=1S/C11H8N2S/c12-8-9(11-4-2-6-14-11)7-10-3-1-5-13-10/h1-7,13H/b9-7-. The number of hydrogen-bond acceptors (Lipinski definition) is 2. The van der Waals surface area contributed by atoms with Gasteiger partial charge in [0.1, 0.15) is 6.07 Å². The second-order valence-electron chi connectivity index (χ2n) is 2.77. The Labute approximate surface area is 86.1 Å². The molecule has 0 radical (unpaired) electrons. The van der Waals surface area contributed by atoms with E-state index in [0.717, 1.165) is 10.6 Å². The highest BCUT2D eigenvalue weighted by Gasteiger charge is 2.01. The van der Waals surface area contributed by atoms with Crippen LogP contribution in [0.5, 0.6) is 0 Å². The van der Waals surface area contributed by atoms with E-state index in [-0.39, 0.29) is 0 Å². The van der Waals surface area contributed by atoms with Crippen LogP contribution in [0.15, 0.2) is 35.8 Å². The fraction of sp³-hybridized carbons (Fsp3) is 0. The predicted octanol–water partition coefficient (Wildman–Crippen LogP) is 3.14. The molecule has 3 heteroatoms. The quantitative estimate of drug-likeness (QED) is 0.743. The van der Waals surface area contributed by atoms with Crippen molar-refractivity contribution in [1.82, 2.24) is 4.98 Å². The van der Waals surface area contributed by atoms with Gasteiger partial charge in [0.15, 0.2) is 0 Å². The van der Waals surface area contributed by atoms with Crippen LogP contribution >= 0.6 is 11.3 Å². The largest absolute Gasteiger partial charge is 0.362 e. The maximum Gasteiger partial charge on any atom is 0.101 e. The van der Waals surface area contributed by atoms with Crippen molar-refractivity contribution in [2.24, 2.45) is 0 Å². The zero-order valence-electron chi connectivity index (χ0n) is 7.40. The second kappa shape index (κ2) is 3.95. The molecule has 0 saturated carbocycles. The molecule has 0 saturated heterocycles. The van der Waals surface area contributed by atoms with Crippen LogP contribution in [0.2, 0.25) is 0 Å². The Morgan fingerprint density at radius 3 is 2.93 bits per heavy atom. The number of aromatic nitrogens is 1. The van der Waals surface area contributed by atoms with Gasteiger partial charge in [-0.1, -0.05) is 6.07 Å². The minimum absolute atomic E-state index is 0.697. The van der Waals surface area contributed by atoms with E-state index >= 15 is 0 Å². The number of nitriles is 1. The minimum atomic E-state index is 0.697. The van der Waals surface area contributed by atoms with Crippen molar-refractivity contribution in [1.29, 1.82) is 5.26 Å². The zero-order chi connectivity index (χ0) is 9.80. The fourth-order valence-corrected chi connectivity index (χ4v) is 1.87. The van der Waals surface area contributed by atoms with Crippen LogP contribution in [0.3, 0.4) is 0 Å². The zero-order valence-corrected chi connectivity index (χ0v) is 8.21. The Balaban J connectivity index is 2.37. The van der Waals surface area contributed by atoms with Crippen LogP contribution in [0.1, 0.15) is 10.6 Å².